The third kappa shape index (κ3) is 1.98. The van der Waals surface area contributed by atoms with Gasteiger partial charge in [0.05, 0.1) is 6.54 Å². The van der Waals surface area contributed by atoms with Crippen LogP contribution < -0.4 is 10.2 Å². The molecule has 0 fully saturated rings. The van der Waals surface area contributed by atoms with Crippen molar-refractivity contribution in [1.29, 1.82) is 0 Å². The van der Waals surface area contributed by atoms with Crippen molar-refractivity contribution in [2.24, 2.45) is 0 Å². The maximum atomic E-state index is 4.19. The Morgan fingerprint density at radius 1 is 1.35 bits per heavy atom. The maximum absolute atomic E-state index is 4.19. The molecule has 2 heterocycles. The predicted octanol–water partition coefficient (Wildman–Crippen LogP) is 2.14. The number of nitrogens with one attached hydrogen (secondary N) is 1. The molecule has 1 N–H and O–H groups in total. The van der Waals surface area contributed by atoms with Crippen LogP contribution >= 0.6 is 11.3 Å². The average molecular weight is 246 g/mol. The zero-order chi connectivity index (χ0) is 11.7. The molecule has 1 aromatic heterocycles. The normalized spacial score (nSPS) is 13.8. The highest BCUT2D eigenvalue weighted by atomic mass is 32.1. The van der Waals surface area contributed by atoms with Gasteiger partial charge in [-0.05, 0) is 18.1 Å². The molecule has 2 aromatic rings. The van der Waals surface area contributed by atoms with Crippen molar-refractivity contribution in [3.8, 4) is 0 Å². The second-order valence-corrected chi connectivity index (χ2v) is 5.11. The molecule has 0 aliphatic carbocycles. The predicted molar refractivity (Wildman–Crippen MR) is 70.7 cm³/mol. The first kappa shape index (κ1) is 10.5. The fourth-order valence-corrected chi connectivity index (χ4v) is 2.86. The molecule has 0 atom stereocenters. The lowest BCUT2D eigenvalue weighted by atomic mass is 10.2. The van der Waals surface area contributed by atoms with Crippen molar-refractivity contribution in [1.82, 2.24) is 10.2 Å². The van der Waals surface area contributed by atoms with Crippen LogP contribution in [0.2, 0.25) is 0 Å². The molecule has 1 aliphatic heterocycles. The number of hydrogen-bond acceptors (Lipinski definition) is 5. The van der Waals surface area contributed by atoms with E-state index >= 15 is 0 Å². The summed E-state index contributed by atoms with van der Waals surface area (Å²) in [5.41, 5.74) is 2.78. The first-order valence-electron chi connectivity index (χ1n) is 5.70. The van der Waals surface area contributed by atoms with Crippen LogP contribution in [0.4, 0.5) is 10.8 Å². The summed E-state index contributed by atoms with van der Waals surface area (Å²) in [6.45, 7) is 1.93. The Labute approximate surface area is 104 Å². The zero-order valence-electron chi connectivity index (χ0n) is 9.68. The number of fused-ring (bicyclic) bond motifs is 1. The molecule has 4 nitrogen and oxygen atoms in total. The summed E-state index contributed by atoms with van der Waals surface area (Å²) in [6.07, 6.45) is 1.13. The number of benzene rings is 1. The SMILES string of the molecule is CNc1nnc(CN2CCc3ccccc32)s1. The lowest BCUT2D eigenvalue weighted by Gasteiger charge is -2.17. The summed E-state index contributed by atoms with van der Waals surface area (Å²) < 4.78 is 0. The van der Waals surface area contributed by atoms with Gasteiger partial charge in [-0.15, -0.1) is 10.2 Å². The van der Waals surface area contributed by atoms with Crippen LogP contribution in [-0.4, -0.2) is 23.8 Å². The molecule has 0 amide bonds. The molecule has 88 valence electrons. The summed E-state index contributed by atoms with van der Waals surface area (Å²) in [4.78, 5) is 2.37. The molecule has 17 heavy (non-hydrogen) atoms. The third-order valence-electron chi connectivity index (χ3n) is 2.99. The van der Waals surface area contributed by atoms with Gasteiger partial charge in [0.2, 0.25) is 5.13 Å². The van der Waals surface area contributed by atoms with E-state index in [0.29, 0.717) is 0 Å². The number of nitrogens with zero attached hydrogens (tertiary/aromatic N) is 3. The smallest absolute Gasteiger partial charge is 0.205 e. The van der Waals surface area contributed by atoms with Gasteiger partial charge in [0.25, 0.3) is 0 Å². The van der Waals surface area contributed by atoms with Crippen molar-refractivity contribution >= 4 is 22.2 Å². The van der Waals surface area contributed by atoms with Crippen LogP contribution in [0, 0.1) is 0 Å². The second kappa shape index (κ2) is 4.33. The molecular formula is C12H14N4S. The van der Waals surface area contributed by atoms with Gasteiger partial charge in [0.15, 0.2) is 0 Å². The van der Waals surface area contributed by atoms with E-state index in [1.165, 1.54) is 11.3 Å². The van der Waals surface area contributed by atoms with Gasteiger partial charge in [0, 0.05) is 19.3 Å². The summed E-state index contributed by atoms with van der Waals surface area (Å²) in [5, 5.41) is 13.2. The standard InChI is InChI=1S/C12H14N4S/c1-13-12-15-14-11(17-12)8-16-7-6-9-4-2-3-5-10(9)16/h2-5H,6-8H2,1H3,(H,13,15). The van der Waals surface area contributed by atoms with E-state index in [2.05, 4.69) is 44.7 Å². The van der Waals surface area contributed by atoms with Gasteiger partial charge in [-0.3, -0.25) is 0 Å². The summed E-state index contributed by atoms with van der Waals surface area (Å²) in [7, 11) is 1.87. The van der Waals surface area contributed by atoms with E-state index in [0.717, 1.165) is 29.6 Å². The molecule has 0 radical (unpaired) electrons. The highest BCUT2D eigenvalue weighted by molar-refractivity contribution is 7.15. The Bertz CT molecular complexity index is 523. The molecule has 1 aliphatic rings. The molecule has 0 saturated heterocycles. The van der Waals surface area contributed by atoms with Crippen molar-refractivity contribution in [3.05, 3.63) is 34.8 Å². The van der Waals surface area contributed by atoms with Gasteiger partial charge in [-0.1, -0.05) is 29.5 Å². The molecule has 3 rings (SSSR count). The topological polar surface area (TPSA) is 41.1 Å². The summed E-state index contributed by atoms with van der Waals surface area (Å²) in [6, 6.07) is 8.58. The highest BCUT2D eigenvalue weighted by Crippen LogP contribution is 2.29. The lowest BCUT2D eigenvalue weighted by molar-refractivity contribution is 0.816. The average Bonchev–Trinajstić information content (AvgIpc) is 2.97. The Balaban J connectivity index is 1.79. The Morgan fingerprint density at radius 3 is 3.06 bits per heavy atom. The first-order valence-corrected chi connectivity index (χ1v) is 6.51. The van der Waals surface area contributed by atoms with E-state index in [-0.39, 0.29) is 0 Å². The number of hydrogen-bond donors (Lipinski definition) is 1. The van der Waals surface area contributed by atoms with Crippen LogP contribution in [0.25, 0.3) is 0 Å². The molecular weight excluding hydrogens is 232 g/mol. The fourth-order valence-electron chi connectivity index (χ4n) is 2.15. The van der Waals surface area contributed by atoms with Gasteiger partial charge in [-0.2, -0.15) is 0 Å². The molecule has 0 spiro atoms. The number of para-hydroxylation sites is 1. The minimum absolute atomic E-state index is 0.858. The fraction of sp³-hybridized carbons (Fsp3) is 0.333. The van der Waals surface area contributed by atoms with E-state index in [1.807, 2.05) is 7.05 Å². The Hall–Kier alpha value is -1.62. The molecule has 1 aromatic carbocycles. The Kier molecular flexibility index (Phi) is 2.68. The number of aromatic nitrogens is 2. The molecule has 0 bridgehead atoms. The lowest BCUT2D eigenvalue weighted by Crippen LogP contribution is -2.19. The largest absolute Gasteiger partial charge is 0.364 e. The van der Waals surface area contributed by atoms with E-state index in [9.17, 15) is 0 Å². The van der Waals surface area contributed by atoms with Crippen LogP contribution in [0.15, 0.2) is 24.3 Å². The second-order valence-electron chi connectivity index (χ2n) is 4.05. The molecule has 0 unspecified atom stereocenters. The minimum atomic E-state index is 0.858. The van der Waals surface area contributed by atoms with Crippen LogP contribution in [0.3, 0.4) is 0 Å². The van der Waals surface area contributed by atoms with Crippen LogP contribution in [-0.2, 0) is 13.0 Å². The van der Waals surface area contributed by atoms with Gasteiger partial charge < -0.3 is 10.2 Å². The van der Waals surface area contributed by atoms with Crippen molar-refractivity contribution in [2.75, 3.05) is 23.8 Å². The van der Waals surface area contributed by atoms with Crippen molar-refractivity contribution in [2.45, 2.75) is 13.0 Å². The van der Waals surface area contributed by atoms with Gasteiger partial charge in [0.1, 0.15) is 5.01 Å². The number of anilines is 2. The third-order valence-corrected chi connectivity index (χ3v) is 3.92. The van der Waals surface area contributed by atoms with Gasteiger partial charge in [-0.25, -0.2) is 0 Å². The van der Waals surface area contributed by atoms with Crippen LogP contribution in [0.5, 0.6) is 0 Å². The zero-order valence-corrected chi connectivity index (χ0v) is 10.5. The minimum Gasteiger partial charge on any atom is -0.364 e. The molecule has 0 saturated carbocycles. The summed E-state index contributed by atoms with van der Waals surface area (Å²) >= 11 is 1.62. The summed E-state index contributed by atoms with van der Waals surface area (Å²) in [5.74, 6) is 0. The Morgan fingerprint density at radius 2 is 2.24 bits per heavy atom. The van der Waals surface area contributed by atoms with E-state index < -0.39 is 0 Å². The first-order chi connectivity index (χ1) is 8.36. The van der Waals surface area contributed by atoms with E-state index in [4.69, 9.17) is 0 Å². The van der Waals surface area contributed by atoms with Crippen molar-refractivity contribution in [3.63, 3.8) is 0 Å². The van der Waals surface area contributed by atoms with E-state index in [1.54, 1.807) is 11.3 Å². The maximum Gasteiger partial charge on any atom is 0.205 e. The quantitative estimate of drug-likeness (QED) is 0.901. The van der Waals surface area contributed by atoms with Crippen LogP contribution in [0.1, 0.15) is 10.6 Å². The van der Waals surface area contributed by atoms with Crippen molar-refractivity contribution < 1.29 is 0 Å². The number of rotatable bonds is 3. The highest BCUT2D eigenvalue weighted by Gasteiger charge is 2.19. The molecule has 5 heteroatoms. The monoisotopic (exact) mass is 246 g/mol. The van der Waals surface area contributed by atoms with Gasteiger partial charge >= 0.3 is 0 Å².